The summed E-state index contributed by atoms with van der Waals surface area (Å²) in [6.07, 6.45) is 5.34. The fourth-order valence-electron chi connectivity index (χ4n) is 1.61. The van der Waals surface area contributed by atoms with Crippen LogP contribution in [-0.4, -0.2) is 31.0 Å². The van der Waals surface area contributed by atoms with E-state index in [1.807, 2.05) is 20.8 Å². The molecule has 0 saturated heterocycles. The van der Waals surface area contributed by atoms with E-state index in [0.29, 0.717) is 5.95 Å². The van der Waals surface area contributed by atoms with Gasteiger partial charge in [0, 0.05) is 12.6 Å². The number of hydrogen-bond acceptors (Lipinski definition) is 5. The molecule has 0 fully saturated rings. The van der Waals surface area contributed by atoms with Crippen LogP contribution in [-0.2, 0) is 10.0 Å². The Balaban J connectivity index is 2.73. The van der Waals surface area contributed by atoms with Crippen LogP contribution in [0.25, 0.3) is 0 Å². The zero-order valence-corrected chi connectivity index (χ0v) is 12.5. The zero-order valence-electron chi connectivity index (χ0n) is 11.7. The molecule has 2 N–H and O–H groups in total. The van der Waals surface area contributed by atoms with E-state index < -0.39 is 10.0 Å². The van der Waals surface area contributed by atoms with Crippen molar-refractivity contribution in [1.82, 2.24) is 14.7 Å². The van der Waals surface area contributed by atoms with Crippen molar-refractivity contribution in [3.63, 3.8) is 0 Å². The number of aromatic nitrogens is 2. The molecule has 0 aliphatic rings. The fraction of sp³-hybridized carbons (Fsp3) is 0.667. The summed E-state index contributed by atoms with van der Waals surface area (Å²) in [5.74, 6) is 0.447. The second kappa shape index (κ2) is 7.40. The van der Waals surface area contributed by atoms with Gasteiger partial charge in [-0.05, 0) is 19.8 Å². The fourth-order valence-corrected chi connectivity index (χ4v) is 2.77. The summed E-state index contributed by atoms with van der Waals surface area (Å²) < 4.78 is 26.7. The van der Waals surface area contributed by atoms with Crippen molar-refractivity contribution < 1.29 is 8.42 Å². The molecule has 1 unspecified atom stereocenters. The monoisotopic (exact) mass is 286 g/mol. The SMILES string of the molecule is CCCNc1ncc(S(=O)(=O)NC(C)CCC)cn1. The Morgan fingerprint density at radius 1 is 1.21 bits per heavy atom. The molecule has 0 bridgehead atoms. The molecule has 0 aliphatic heterocycles. The Morgan fingerprint density at radius 3 is 2.37 bits per heavy atom. The lowest BCUT2D eigenvalue weighted by molar-refractivity contribution is 0.543. The largest absolute Gasteiger partial charge is 0.354 e. The van der Waals surface area contributed by atoms with Gasteiger partial charge < -0.3 is 5.32 Å². The van der Waals surface area contributed by atoms with E-state index >= 15 is 0 Å². The van der Waals surface area contributed by atoms with Crippen LogP contribution >= 0.6 is 0 Å². The molecule has 0 spiro atoms. The van der Waals surface area contributed by atoms with Gasteiger partial charge in [-0.1, -0.05) is 20.3 Å². The Kier molecular flexibility index (Phi) is 6.17. The molecule has 7 heteroatoms. The van der Waals surface area contributed by atoms with Crippen LogP contribution in [0.2, 0.25) is 0 Å². The maximum absolute atomic E-state index is 12.0. The van der Waals surface area contributed by atoms with Crippen molar-refractivity contribution in [1.29, 1.82) is 0 Å². The van der Waals surface area contributed by atoms with Gasteiger partial charge in [0.05, 0.1) is 12.4 Å². The van der Waals surface area contributed by atoms with Crippen LogP contribution in [0.4, 0.5) is 5.95 Å². The Hall–Kier alpha value is -1.21. The topological polar surface area (TPSA) is 84.0 Å². The highest BCUT2D eigenvalue weighted by Crippen LogP contribution is 2.09. The molecule has 1 atom stereocenters. The molecule has 0 amide bonds. The van der Waals surface area contributed by atoms with Crippen molar-refractivity contribution in [2.45, 2.75) is 51.0 Å². The summed E-state index contributed by atoms with van der Waals surface area (Å²) in [6, 6.07) is -0.0899. The van der Waals surface area contributed by atoms with Crippen molar-refractivity contribution in [2.24, 2.45) is 0 Å². The summed E-state index contributed by atoms with van der Waals surface area (Å²) in [5, 5.41) is 3.00. The molecular formula is C12H22N4O2S. The molecule has 6 nitrogen and oxygen atoms in total. The van der Waals surface area contributed by atoms with Gasteiger partial charge in [-0.25, -0.2) is 23.1 Å². The second-order valence-corrected chi connectivity index (χ2v) is 6.19. The minimum atomic E-state index is -3.52. The molecule has 1 aromatic rings. The number of anilines is 1. The normalized spacial score (nSPS) is 13.2. The second-order valence-electron chi connectivity index (χ2n) is 4.48. The highest BCUT2D eigenvalue weighted by atomic mass is 32.2. The molecule has 1 rings (SSSR count). The lowest BCUT2D eigenvalue weighted by atomic mass is 10.2. The smallest absolute Gasteiger partial charge is 0.243 e. The molecule has 1 aromatic heterocycles. The number of hydrogen-bond donors (Lipinski definition) is 2. The van der Waals surface area contributed by atoms with E-state index in [0.717, 1.165) is 25.8 Å². The molecular weight excluding hydrogens is 264 g/mol. The standard InChI is InChI=1S/C12H22N4O2S/c1-4-6-10(3)16-19(17,18)11-8-14-12(15-9-11)13-7-5-2/h8-10,16H,4-7H2,1-3H3,(H,13,14,15). The summed E-state index contributed by atoms with van der Waals surface area (Å²) in [4.78, 5) is 8.08. The molecule has 19 heavy (non-hydrogen) atoms. The van der Waals surface area contributed by atoms with E-state index in [4.69, 9.17) is 0 Å². The van der Waals surface area contributed by atoms with Gasteiger partial charge in [-0.3, -0.25) is 0 Å². The van der Waals surface area contributed by atoms with Crippen LogP contribution in [0.15, 0.2) is 17.3 Å². The Bertz CT molecular complexity index is 473. The van der Waals surface area contributed by atoms with Gasteiger partial charge >= 0.3 is 0 Å². The van der Waals surface area contributed by atoms with Crippen LogP contribution in [0.1, 0.15) is 40.0 Å². The molecule has 108 valence electrons. The van der Waals surface area contributed by atoms with Crippen LogP contribution in [0.5, 0.6) is 0 Å². The molecule has 1 heterocycles. The third-order valence-electron chi connectivity index (χ3n) is 2.55. The van der Waals surface area contributed by atoms with Gasteiger partial charge in [0.15, 0.2) is 0 Å². The van der Waals surface area contributed by atoms with Gasteiger partial charge in [-0.2, -0.15) is 0 Å². The van der Waals surface area contributed by atoms with Crippen LogP contribution in [0.3, 0.4) is 0 Å². The van der Waals surface area contributed by atoms with E-state index in [2.05, 4.69) is 20.0 Å². The van der Waals surface area contributed by atoms with Crippen molar-refractivity contribution in [3.8, 4) is 0 Å². The molecule has 0 aromatic carbocycles. The number of sulfonamides is 1. The first-order valence-electron chi connectivity index (χ1n) is 6.57. The highest BCUT2D eigenvalue weighted by Gasteiger charge is 2.17. The molecule has 0 aliphatic carbocycles. The molecule has 0 radical (unpaired) electrons. The summed E-state index contributed by atoms with van der Waals surface area (Å²) in [5.41, 5.74) is 0. The first-order valence-corrected chi connectivity index (χ1v) is 8.06. The van der Waals surface area contributed by atoms with Crippen molar-refractivity contribution in [2.75, 3.05) is 11.9 Å². The van der Waals surface area contributed by atoms with E-state index in [1.165, 1.54) is 12.4 Å². The maximum Gasteiger partial charge on any atom is 0.243 e. The Morgan fingerprint density at radius 2 is 1.84 bits per heavy atom. The average molecular weight is 286 g/mol. The summed E-state index contributed by atoms with van der Waals surface area (Å²) >= 11 is 0. The predicted octanol–water partition coefficient (Wildman–Crippen LogP) is 1.77. The molecule has 0 saturated carbocycles. The number of nitrogens with one attached hydrogen (secondary N) is 2. The van der Waals surface area contributed by atoms with Gasteiger partial charge in [0.25, 0.3) is 0 Å². The Labute approximate surface area is 115 Å². The zero-order chi connectivity index (χ0) is 14.3. The average Bonchev–Trinajstić information content (AvgIpc) is 2.36. The van der Waals surface area contributed by atoms with E-state index in [9.17, 15) is 8.42 Å². The van der Waals surface area contributed by atoms with Crippen molar-refractivity contribution in [3.05, 3.63) is 12.4 Å². The number of nitrogens with zero attached hydrogens (tertiary/aromatic N) is 2. The quantitative estimate of drug-likeness (QED) is 0.761. The lowest BCUT2D eigenvalue weighted by Crippen LogP contribution is -2.32. The third kappa shape index (κ3) is 5.12. The lowest BCUT2D eigenvalue weighted by Gasteiger charge is -2.13. The minimum absolute atomic E-state index is 0.0899. The third-order valence-corrected chi connectivity index (χ3v) is 4.09. The van der Waals surface area contributed by atoms with Crippen molar-refractivity contribution >= 4 is 16.0 Å². The maximum atomic E-state index is 12.0. The number of rotatable bonds is 8. The van der Waals surface area contributed by atoms with Crippen LogP contribution < -0.4 is 10.0 Å². The van der Waals surface area contributed by atoms with E-state index in [-0.39, 0.29) is 10.9 Å². The summed E-state index contributed by atoms with van der Waals surface area (Å²) in [6.45, 7) is 6.66. The van der Waals surface area contributed by atoms with Crippen LogP contribution in [0, 0.1) is 0 Å². The highest BCUT2D eigenvalue weighted by molar-refractivity contribution is 7.89. The summed E-state index contributed by atoms with van der Waals surface area (Å²) in [7, 11) is -3.52. The predicted molar refractivity (Wildman–Crippen MR) is 75.5 cm³/mol. The van der Waals surface area contributed by atoms with E-state index in [1.54, 1.807) is 0 Å². The van der Waals surface area contributed by atoms with Gasteiger partial charge in [0.1, 0.15) is 4.90 Å². The first kappa shape index (κ1) is 15.8. The minimum Gasteiger partial charge on any atom is -0.354 e. The van der Waals surface area contributed by atoms with Gasteiger partial charge in [-0.15, -0.1) is 0 Å². The van der Waals surface area contributed by atoms with Gasteiger partial charge in [0.2, 0.25) is 16.0 Å². The first-order chi connectivity index (χ1) is 8.99.